The molecule has 1 aliphatic rings. The van der Waals surface area contributed by atoms with Crippen molar-refractivity contribution in [1.82, 2.24) is 58.5 Å². The van der Waals surface area contributed by atoms with E-state index >= 15 is 0 Å². The second kappa shape index (κ2) is 39.4. The van der Waals surface area contributed by atoms with Crippen molar-refractivity contribution in [1.29, 1.82) is 0 Å². The maximum atomic E-state index is 14.5. The number of carbonyl (C=O) groups is 15. The van der Waals surface area contributed by atoms with Gasteiger partial charge in [-0.2, -0.15) is 0 Å². The Hall–Kier alpha value is -8.59. The second-order valence-electron chi connectivity index (χ2n) is 23.0. The van der Waals surface area contributed by atoms with Gasteiger partial charge in [0.15, 0.2) is 6.10 Å². The Morgan fingerprint density at radius 2 is 1.06 bits per heavy atom. The Labute approximate surface area is 520 Å². The molecule has 90 heavy (non-hydrogen) atoms. The minimum absolute atomic E-state index is 0.0490. The zero-order valence-corrected chi connectivity index (χ0v) is 52.3. The fourth-order valence-corrected chi connectivity index (χ4v) is 8.81. The predicted molar refractivity (Wildman–Crippen MR) is 318 cm³/mol. The second-order valence-corrected chi connectivity index (χ2v) is 23.0. The van der Waals surface area contributed by atoms with Gasteiger partial charge in [0, 0.05) is 6.08 Å². The average molecular weight is 1280 g/mol. The topological polar surface area (TPSA) is 536 Å². The van der Waals surface area contributed by atoms with E-state index in [9.17, 15) is 103 Å². The Balaban J connectivity index is 3.64. The summed E-state index contributed by atoms with van der Waals surface area (Å²) in [5, 5.41) is 84.7. The van der Waals surface area contributed by atoms with Crippen molar-refractivity contribution in [3.63, 3.8) is 0 Å². The largest absolute Gasteiger partial charge is 0.481 e. The van der Waals surface area contributed by atoms with Gasteiger partial charge < -0.3 is 94.9 Å². The lowest BCUT2D eigenvalue weighted by Gasteiger charge is -2.31. The molecule has 19 N–H and O–H groups in total. The van der Waals surface area contributed by atoms with Gasteiger partial charge in [-0.25, -0.2) is 9.59 Å². The Morgan fingerprint density at radius 3 is 1.56 bits per heavy atom. The molecule has 1 fully saturated rings. The zero-order chi connectivity index (χ0) is 68.9. The minimum atomic E-state index is -2.86. The number of carboxylic acid groups (broad SMARTS) is 5. The summed E-state index contributed by atoms with van der Waals surface area (Å²) in [4.78, 5) is 197. The van der Waals surface area contributed by atoms with Crippen LogP contribution in [0.25, 0.3) is 0 Å². The molecule has 506 valence electrons. The summed E-state index contributed by atoms with van der Waals surface area (Å²) in [7, 11) is 0. The van der Waals surface area contributed by atoms with E-state index in [-0.39, 0.29) is 31.7 Å². The molecule has 0 aromatic carbocycles. The summed E-state index contributed by atoms with van der Waals surface area (Å²) in [5.74, 6) is -24.8. The van der Waals surface area contributed by atoms with Crippen molar-refractivity contribution in [3.05, 3.63) is 24.3 Å². The van der Waals surface area contributed by atoms with Gasteiger partial charge in [-0.05, 0) is 96.1 Å². The van der Waals surface area contributed by atoms with Gasteiger partial charge in [-0.3, -0.25) is 62.3 Å². The monoisotopic (exact) mass is 1280 g/mol. The first-order valence-corrected chi connectivity index (χ1v) is 29.6. The van der Waals surface area contributed by atoms with Crippen LogP contribution in [0.15, 0.2) is 24.3 Å². The highest BCUT2D eigenvalue weighted by Crippen LogP contribution is 2.16. The van der Waals surface area contributed by atoms with Crippen LogP contribution in [0.4, 0.5) is 0 Å². The van der Waals surface area contributed by atoms with Crippen LogP contribution in [0.3, 0.4) is 0 Å². The molecule has 0 radical (unpaired) electrons. The summed E-state index contributed by atoms with van der Waals surface area (Å²) in [5.41, 5.74) is 5.68. The van der Waals surface area contributed by atoms with Crippen LogP contribution < -0.4 is 64.2 Å². The number of aliphatic hydroxyl groups excluding tert-OH is 1. The first kappa shape index (κ1) is 79.4. The van der Waals surface area contributed by atoms with Gasteiger partial charge in [-0.1, -0.05) is 73.1 Å². The molecule has 10 amide bonds. The molecule has 1 saturated heterocycles. The maximum absolute atomic E-state index is 14.5. The number of hydrogen-bond donors (Lipinski definition) is 18. The lowest BCUT2D eigenvalue weighted by atomic mass is 9.98. The molecule has 1 rings (SSSR count). The summed E-state index contributed by atoms with van der Waals surface area (Å²) >= 11 is 0. The molecule has 0 aliphatic carbocycles. The van der Waals surface area contributed by atoms with Gasteiger partial charge in [0.25, 0.3) is 0 Å². The Kier molecular flexibility index (Phi) is 34.8. The van der Waals surface area contributed by atoms with Crippen molar-refractivity contribution >= 4 is 88.9 Å². The van der Waals surface area contributed by atoms with Crippen LogP contribution in [0.5, 0.6) is 0 Å². The number of hydrogen-bond acceptors (Lipinski definition) is 18. The van der Waals surface area contributed by atoms with E-state index < -0.39 is 192 Å². The van der Waals surface area contributed by atoms with Crippen LogP contribution in [-0.2, 0) is 71.9 Å². The first-order chi connectivity index (χ1) is 42.0. The van der Waals surface area contributed by atoms with Crippen LogP contribution in [0.2, 0.25) is 0 Å². The number of nitrogens with two attached hydrogens (primary N) is 1. The summed E-state index contributed by atoms with van der Waals surface area (Å²) in [6, 6.07) is -17.4. The SMILES string of the molecule is CCC(C)CC/C=C\C=C\C(=O)N[C@H](C(=O)N[C@H](C(=O)N[C@@H](C(=O)N[C@@H](CCCCN)C(=O)N[C@H](C(=O)N[C@@H](CC(=O)O)C(=O)NCC(=O)N[C@@H](C(=O)N[C@H](C(=O)O)C(C)C)C(C)C(=O)O)C(O)C(=O)O)C(C)C)C(C)NC(=O)[C@@H]1C[C@@H](C)CN1)C(C)C(=O)O. The van der Waals surface area contributed by atoms with E-state index in [1.165, 1.54) is 40.7 Å². The summed E-state index contributed by atoms with van der Waals surface area (Å²) in [6.07, 6.45) is 4.67. The molecule has 0 bridgehead atoms. The van der Waals surface area contributed by atoms with Crippen molar-refractivity contribution in [2.24, 2.45) is 41.2 Å². The van der Waals surface area contributed by atoms with E-state index in [0.29, 0.717) is 18.9 Å². The van der Waals surface area contributed by atoms with Crippen LogP contribution in [0.1, 0.15) is 121 Å². The molecular formula is C57H92N12O21. The quantitative estimate of drug-likeness (QED) is 0.0159. The molecule has 33 nitrogen and oxygen atoms in total. The van der Waals surface area contributed by atoms with E-state index in [2.05, 4.69) is 51.1 Å². The number of carboxylic acids is 5. The van der Waals surface area contributed by atoms with Crippen molar-refractivity contribution in [3.8, 4) is 0 Å². The molecule has 0 saturated carbocycles. The maximum Gasteiger partial charge on any atom is 0.335 e. The van der Waals surface area contributed by atoms with Gasteiger partial charge in [0.05, 0.1) is 36.9 Å². The molecule has 1 aliphatic heterocycles. The number of allylic oxidation sites excluding steroid dienone is 3. The Bertz CT molecular complexity index is 2620. The van der Waals surface area contributed by atoms with Gasteiger partial charge in [0.2, 0.25) is 59.1 Å². The highest BCUT2D eigenvalue weighted by atomic mass is 16.4. The standard InChI is InChI=1S/C57H92N12O21/c1-11-28(6)18-14-12-13-15-20-36(70)64-41(30(8)54(83)84)51(80)68-43(32(10)61-48(77)34-22-29(7)24-59-34)52(81)66-39(26(2)3)49(78)62-33(19-16-17-21-58)47(76)69-44(45(74)57(89)90)53(82)63-35(23-38(72)73)46(75)60-25-37(71)65-42(31(9)55(85)86)50(79)67-40(27(4)5)56(87)88/h12-13,15,20,26-35,39-45,59,74H,11,14,16-19,21-25,58H2,1-10H3,(H,60,75)(H,61,77)(H,62,78)(H,63,82)(H,64,70)(H,65,71)(H,66,81)(H,67,79)(H,68,80)(H,69,76)(H,72,73)(H,83,84)(H,85,86)(H,87,88)(H,89,90)/b13-12-,20-15+/t28?,29-,30?,31?,32?,33+,34+,35+,39-,40+,41+,42-,43+,44+,45?/m1/s1. The molecule has 15 atom stereocenters. The highest BCUT2D eigenvalue weighted by Gasteiger charge is 2.42. The third-order valence-corrected chi connectivity index (χ3v) is 14.7. The highest BCUT2D eigenvalue weighted by molar-refractivity contribution is 6.01. The van der Waals surface area contributed by atoms with Gasteiger partial charge in [-0.15, -0.1) is 0 Å². The third-order valence-electron chi connectivity index (χ3n) is 14.7. The van der Waals surface area contributed by atoms with E-state index in [0.717, 1.165) is 39.2 Å². The number of amides is 10. The summed E-state index contributed by atoms with van der Waals surface area (Å²) in [6.45, 7) is 14.7. The third kappa shape index (κ3) is 27.4. The first-order valence-electron chi connectivity index (χ1n) is 29.6. The lowest BCUT2D eigenvalue weighted by molar-refractivity contribution is -0.153. The van der Waals surface area contributed by atoms with Crippen molar-refractivity contribution in [2.45, 2.75) is 187 Å². The number of aliphatic hydroxyl groups is 1. The molecule has 0 aromatic heterocycles. The molecule has 5 unspecified atom stereocenters. The number of nitrogens with one attached hydrogen (secondary N) is 11. The van der Waals surface area contributed by atoms with Crippen molar-refractivity contribution in [2.75, 3.05) is 19.6 Å². The average Bonchev–Trinajstić information content (AvgIpc) is 1.42. The number of unbranched alkanes of at least 4 members (excludes halogenated alkanes) is 1. The molecular weight excluding hydrogens is 1190 g/mol. The van der Waals surface area contributed by atoms with Crippen molar-refractivity contribution < 1.29 is 103 Å². The normalized spacial score (nSPS) is 18.2. The van der Waals surface area contributed by atoms with E-state index in [4.69, 9.17) is 5.73 Å². The molecule has 1 heterocycles. The predicted octanol–water partition coefficient (Wildman–Crippen LogP) is -3.69. The smallest absolute Gasteiger partial charge is 0.335 e. The number of rotatable bonds is 41. The van der Waals surface area contributed by atoms with Crippen LogP contribution in [0, 0.1) is 35.5 Å². The Morgan fingerprint density at radius 1 is 0.544 bits per heavy atom. The van der Waals surface area contributed by atoms with Gasteiger partial charge in [0.1, 0.15) is 48.3 Å². The zero-order valence-electron chi connectivity index (χ0n) is 52.3. The fraction of sp³-hybridized carbons (Fsp3) is 0.667. The molecule has 0 aromatic rings. The number of carbonyl (C=O) groups excluding carboxylic acids is 10. The fourth-order valence-electron chi connectivity index (χ4n) is 8.81. The van der Waals surface area contributed by atoms with E-state index in [1.807, 2.05) is 34.3 Å². The lowest BCUT2D eigenvalue weighted by Crippen LogP contribution is -2.65. The molecule has 33 heteroatoms. The van der Waals surface area contributed by atoms with Gasteiger partial charge >= 0.3 is 29.8 Å². The minimum Gasteiger partial charge on any atom is -0.481 e. The molecule has 0 spiro atoms. The van der Waals surface area contributed by atoms with E-state index in [1.54, 1.807) is 6.08 Å². The van der Waals surface area contributed by atoms with Crippen LogP contribution in [-0.4, -0.2) is 206 Å². The van der Waals surface area contributed by atoms with Crippen LogP contribution >= 0.6 is 0 Å². The summed E-state index contributed by atoms with van der Waals surface area (Å²) < 4.78 is 0. The number of aliphatic carboxylic acids is 5.